The second-order valence-corrected chi connectivity index (χ2v) is 8.16. The third-order valence-corrected chi connectivity index (χ3v) is 6.57. The Bertz CT molecular complexity index is 869. The standard InChI is InChI=1S/C20H18ClFN2O2/c21-15-2-1-13(9-16(15)22)17-5-8-24(18(25)26-17)20-10-19(11-20,12-20)14-3-6-23-7-4-14/h1-4,6-7,9,17H,5,8,10-12H2. The molecule has 1 aromatic carbocycles. The summed E-state index contributed by atoms with van der Waals surface area (Å²) in [5.41, 5.74) is 2.12. The molecule has 0 radical (unpaired) electrons. The van der Waals surface area contributed by atoms with E-state index in [4.69, 9.17) is 16.3 Å². The fourth-order valence-corrected chi connectivity index (χ4v) is 5.11. The highest BCUT2D eigenvalue weighted by atomic mass is 35.5. The zero-order valence-electron chi connectivity index (χ0n) is 14.1. The van der Waals surface area contributed by atoms with Gasteiger partial charge in [0, 0.05) is 36.3 Å². The smallest absolute Gasteiger partial charge is 0.410 e. The summed E-state index contributed by atoms with van der Waals surface area (Å²) in [5.74, 6) is -0.485. The molecule has 3 aliphatic carbocycles. The maximum absolute atomic E-state index is 13.7. The number of amides is 1. The number of ether oxygens (including phenoxy) is 1. The first kappa shape index (κ1) is 16.1. The molecule has 4 aliphatic rings. The number of aromatic nitrogens is 1. The van der Waals surface area contributed by atoms with Crippen molar-refractivity contribution in [2.45, 2.75) is 42.7 Å². The summed E-state index contributed by atoms with van der Waals surface area (Å²) in [6.45, 7) is 0.639. The lowest BCUT2D eigenvalue weighted by atomic mass is 9.37. The van der Waals surface area contributed by atoms with E-state index >= 15 is 0 Å². The first-order valence-electron chi connectivity index (χ1n) is 8.85. The van der Waals surface area contributed by atoms with E-state index in [1.807, 2.05) is 17.3 Å². The Morgan fingerprint density at radius 2 is 1.92 bits per heavy atom. The molecule has 2 bridgehead atoms. The number of carbonyl (C=O) groups excluding carboxylic acids is 1. The average molecular weight is 373 g/mol. The summed E-state index contributed by atoms with van der Waals surface area (Å²) < 4.78 is 19.3. The van der Waals surface area contributed by atoms with Gasteiger partial charge in [-0.1, -0.05) is 17.7 Å². The molecule has 134 valence electrons. The number of hydrogen-bond acceptors (Lipinski definition) is 3. The predicted octanol–water partition coefficient (Wildman–Crippen LogP) is 4.63. The van der Waals surface area contributed by atoms with Gasteiger partial charge in [-0.3, -0.25) is 4.98 Å². The molecule has 0 spiro atoms. The molecule has 1 atom stereocenters. The van der Waals surface area contributed by atoms with Crippen LogP contribution in [0.25, 0.3) is 0 Å². The highest BCUT2D eigenvalue weighted by Gasteiger charge is 2.72. The molecule has 6 rings (SSSR count). The second-order valence-electron chi connectivity index (χ2n) is 7.76. The summed E-state index contributed by atoms with van der Waals surface area (Å²) >= 11 is 5.73. The highest BCUT2D eigenvalue weighted by Crippen LogP contribution is 2.70. The van der Waals surface area contributed by atoms with Crippen LogP contribution in [0.4, 0.5) is 9.18 Å². The van der Waals surface area contributed by atoms with Crippen LogP contribution < -0.4 is 0 Å². The van der Waals surface area contributed by atoms with E-state index in [2.05, 4.69) is 17.1 Å². The van der Waals surface area contributed by atoms with Gasteiger partial charge in [-0.15, -0.1) is 0 Å². The average Bonchev–Trinajstić information content (AvgIpc) is 2.57. The minimum absolute atomic E-state index is 0.0590. The number of halogens is 2. The Morgan fingerprint density at radius 1 is 1.19 bits per heavy atom. The molecule has 4 fully saturated rings. The van der Waals surface area contributed by atoms with Crippen LogP contribution in [0.15, 0.2) is 42.7 Å². The molecule has 3 saturated carbocycles. The van der Waals surface area contributed by atoms with Gasteiger partial charge in [0.25, 0.3) is 0 Å². The van der Waals surface area contributed by atoms with Gasteiger partial charge in [0.1, 0.15) is 11.9 Å². The third-order valence-electron chi connectivity index (χ3n) is 6.26. The minimum atomic E-state index is -0.485. The van der Waals surface area contributed by atoms with Crippen LogP contribution in [0.5, 0.6) is 0 Å². The van der Waals surface area contributed by atoms with Crippen molar-refractivity contribution in [2.75, 3.05) is 6.54 Å². The second kappa shape index (κ2) is 5.43. The van der Waals surface area contributed by atoms with E-state index < -0.39 is 11.9 Å². The molecule has 6 heteroatoms. The van der Waals surface area contributed by atoms with Crippen LogP contribution in [0.2, 0.25) is 5.02 Å². The number of pyridine rings is 1. The van der Waals surface area contributed by atoms with E-state index in [0.717, 1.165) is 19.3 Å². The molecule has 2 heterocycles. The Labute approximate surface area is 155 Å². The molecule has 1 amide bonds. The Balaban J connectivity index is 1.27. The van der Waals surface area contributed by atoms with Crippen LogP contribution in [0.3, 0.4) is 0 Å². The van der Waals surface area contributed by atoms with Crippen molar-refractivity contribution in [1.29, 1.82) is 0 Å². The van der Waals surface area contributed by atoms with Crippen molar-refractivity contribution in [3.05, 3.63) is 64.7 Å². The molecular formula is C20H18ClFN2O2. The molecule has 2 aromatic rings. The molecular weight excluding hydrogens is 355 g/mol. The number of nitrogens with zero attached hydrogens (tertiary/aromatic N) is 2. The van der Waals surface area contributed by atoms with Gasteiger partial charge < -0.3 is 9.64 Å². The number of hydrogen-bond donors (Lipinski definition) is 0. The van der Waals surface area contributed by atoms with Crippen molar-refractivity contribution in [3.63, 3.8) is 0 Å². The van der Waals surface area contributed by atoms with Crippen molar-refractivity contribution in [3.8, 4) is 0 Å². The van der Waals surface area contributed by atoms with Gasteiger partial charge in [-0.05, 0) is 54.7 Å². The SMILES string of the molecule is O=C1OC(c2ccc(Cl)c(F)c2)CCN1C12CC(c3ccncc3)(C1)C2. The number of benzene rings is 1. The Kier molecular flexibility index (Phi) is 3.35. The lowest BCUT2D eigenvalue weighted by Crippen LogP contribution is -2.78. The molecule has 1 unspecified atom stereocenters. The molecule has 1 aliphatic heterocycles. The summed E-state index contributed by atoms with van der Waals surface area (Å²) in [6.07, 6.45) is 6.57. The summed E-state index contributed by atoms with van der Waals surface area (Å²) in [6, 6.07) is 8.73. The first-order valence-corrected chi connectivity index (χ1v) is 9.23. The monoisotopic (exact) mass is 372 g/mol. The Morgan fingerprint density at radius 3 is 2.58 bits per heavy atom. The molecule has 26 heavy (non-hydrogen) atoms. The van der Waals surface area contributed by atoms with E-state index in [0.29, 0.717) is 18.5 Å². The molecule has 1 aromatic heterocycles. The minimum Gasteiger partial charge on any atom is -0.441 e. The van der Waals surface area contributed by atoms with Gasteiger partial charge >= 0.3 is 6.09 Å². The normalized spacial score (nSPS) is 32.5. The van der Waals surface area contributed by atoms with E-state index in [1.54, 1.807) is 6.07 Å². The van der Waals surface area contributed by atoms with Crippen molar-refractivity contribution < 1.29 is 13.9 Å². The maximum atomic E-state index is 13.7. The number of rotatable bonds is 3. The summed E-state index contributed by atoms with van der Waals surface area (Å²) in [5, 5.41) is 0.0767. The van der Waals surface area contributed by atoms with Gasteiger partial charge in [-0.25, -0.2) is 9.18 Å². The first-order chi connectivity index (χ1) is 12.5. The lowest BCUT2D eigenvalue weighted by molar-refractivity contribution is -0.171. The largest absolute Gasteiger partial charge is 0.441 e. The topological polar surface area (TPSA) is 42.4 Å². The Hall–Kier alpha value is -2.14. The summed E-state index contributed by atoms with van der Waals surface area (Å²) in [7, 11) is 0. The van der Waals surface area contributed by atoms with Crippen LogP contribution in [0, 0.1) is 5.82 Å². The quantitative estimate of drug-likeness (QED) is 0.788. The van der Waals surface area contributed by atoms with Gasteiger partial charge in [0.05, 0.1) is 5.02 Å². The van der Waals surface area contributed by atoms with Crippen molar-refractivity contribution in [1.82, 2.24) is 9.88 Å². The summed E-state index contributed by atoms with van der Waals surface area (Å²) in [4.78, 5) is 18.6. The van der Waals surface area contributed by atoms with Crippen LogP contribution in [-0.2, 0) is 10.2 Å². The highest BCUT2D eigenvalue weighted by molar-refractivity contribution is 6.30. The molecule has 4 nitrogen and oxygen atoms in total. The van der Waals surface area contributed by atoms with Gasteiger partial charge in [0.2, 0.25) is 0 Å². The predicted molar refractivity (Wildman–Crippen MR) is 94.5 cm³/mol. The third kappa shape index (κ3) is 2.19. The lowest BCUT2D eigenvalue weighted by Gasteiger charge is -2.74. The maximum Gasteiger partial charge on any atom is 0.410 e. The molecule has 0 N–H and O–H groups in total. The van der Waals surface area contributed by atoms with Crippen molar-refractivity contribution in [2.24, 2.45) is 0 Å². The molecule has 1 saturated heterocycles. The van der Waals surface area contributed by atoms with Crippen LogP contribution >= 0.6 is 11.6 Å². The zero-order chi connectivity index (χ0) is 17.9. The van der Waals surface area contributed by atoms with E-state index in [-0.39, 0.29) is 22.1 Å². The van der Waals surface area contributed by atoms with E-state index in [1.165, 1.54) is 17.7 Å². The number of carbonyl (C=O) groups is 1. The number of cyclic esters (lactones) is 1. The van der Waals surface area contributed by atoms with Crippen LogP contribution in [-0.4, -0.2) is 28.1 Å². The van der Waals surface area contributed by atoms with E-state index in [9.17, 15) is 9.18 Å². The zero-order valence-corrected chi connectivity index (χ0v) is 14.9. The van der Waals surface area contributed by atoms with Crippen molar-refractivity contribution >= 4 is 17.7 Å². The fourth-order valence-electron chi connectivity index (χ4n) is 4.99. The van der Waals surface area contributed by atoms with Gasteiger partial charge in [-0.2, -0.15) is 0 Å². The fraction of sp³-hybridized carbons (Fsp3) is 0.400. The van der Waals surface area contributed by atoms with Gasteiger partial charge in [0.15, 0.2) is 0 Å². The van der Waals surface area contributed by atoms with Crippen LogP contribution in [0.1, 0.15) is 42.9 Å².